The summed E-state index contributed by atoms with van der Waals surface area (Å²) in [4.78, 5) is 26.8. The van der Waals surface area contributed by atoms with Crippen molar-refractivity contribution in [2.75, 3.05) is 23.9 Å². The third-order valence-corrected chi connectivity index (χ3v) is 5.78. The number of nitrogens with zero attached hydrogens (tertiary/aromatic N) is 1. The van der Waals surface area contributed by atoms with Crippen molar-refractivity contribution in [2.24, 2.45) is 5.92 Å². The van der Waals surface area contributed by atoms with E-state index in [4.69, 9.17) is 4.74 Å². The lowest BCUT2D eigenvalue weighted by molar-refractivity contribution is -0.127. The Hall–Kier alpha value is -2.66. The molecule has 0 saturated carbocycles. The molecule has 0 radical (unpaired) electrons. The summed E-state index contributed by atoms with van der Waals surface area (Å²) < 4.78 is 5.48. The summed E-state index contributed by atoms with van der Waals surface area (Å²) in [6.07, 6.45) is 3.99. The van der Waals surface area contributed by atoms with Gasteiger partial charge in [0.15, 0.2) is 0 Å². The smallest absolute Gasteiger partial charge is 0.255 e. The first kappa shape index (κ1) is 18.7. The van der Waals surface area contributed by atoms with E-state index >= 15 is 0 Å². The van der Waals surface area contributed by atoms with Gasteiger partial charge in [-0.2, -0.15) is 0 Å². The second-order valence-electron chi connectivity index (χ2n) is 7.64. The van der Waals surface area contributed by atoms with Gasteiger partial charge in [-0.05, 0) is 67.5 Å². The number of hydrogen-bond donors (Lipinski definition) is 1. The van der Waals surface area contributed by atoms with Crippen molar-refractivity contribution in [1.29, 1.82) is 0 Å². The largest absolute Gasteiger partial charge is 0.368 e. The number of benzene rings is 2. The summed E-state index contributed by atoms with van der Waals surface area (Å²) in [5.41, 5.74) is 4.18. The maximum atomic E-state index is 12.7. The van der Waals surface area contributed by atoms with E-state index in [2.05, 4.69) is 23.5 Å². The van der Waals surface area contributed by atoms with Crippen LogP contribution in [-0.2, 0) is 27.2 Å². The lowest BCUT2D eigenvalue weighted by Gasteiger charge is -2.24. The minimum atomic E-state index is -0.335. The van der Waals surface area contributed by atoms with Gasteiger partial charge >= 0.3 is 0 Å². The molecule has 2 atom stereocenters. The number of hydrogen-bond acceptors (Lipinski definition) is 3. The van der Waals surface area contributed by atoms with Crippen LogP contribution in [0.25, 0.3) is 0 Å². The summed E-state index contributed by atoms with van der Waals surface area (Å²) >= 11 is 0. The molecule has 1 heterocycles. The first-order chi connectivity index (χ1) is 13.6. The molecular weight excluding hydrogens is 352 g/mol. The van der Waals surface area contributed by atoms with E-state index < -0.39 is 0 Å². The second-order valence-corrected chi connectivity index (χ2v) is 7.64. The van der Waals surface area contributed by atoms with Crippen molar-refractivity contribution in [3.8, 4) is 0 Å². The second kappa shape index (κ2) is 8.15. The monoisotopic (exact) mass is 378 g/mol. The van der Waals surface area contributed by atoms with Gasteiger partial charge in [0.1, 0.15) is 6.10 Å². The van der Waals surface area contributed by atoms with Crippen LogP contribution in [0.1, 0.15) is 30.4 Å². The number of carbonyl (C=O) groups excluding carboxylic acids is 2. The number of amides is 2. The molecule has 146 valence electrons. The average molecular weight is 378 g/mol. The highest BCUT2D eigenvalue weighted by Crippen LogP contribution is 2.27. The number of fused-ring (bicyclic) bond motifs is 1. The normalized spacial score (nSPS) is 21.0. The van der Waals surface area contributed by atoms with Gasteiger partial charge < -0.3 is 15.0 Å². The van der Waals surface area contributed by atoms with E-state index in [1.165, 1.54) is 11.1 Å². The summed E-state index contributed by atoms with van der Waals surface area (Å²) in [5, 5.41) is 3.03. The average Bonchev–Trinajstić information content (AvgIpc) is 3.28. The fraction of sp³-hybridized carbons (Fsp3) is 0.391. The van der Waals surface area contributed by atoms with Crippen LogP contribution in [0, 0.1) is 5.92 Å². The van der Waals surface area contributed by atoms with E-state index in [1.807, 2.05) is 30.3 Å². The van der Waals surface area contributed by atoms with Crippen LogP contribution in [0.4, 0.5) is 11.4 Å². The molecule has 1 aliphatic heterocycles. The van der Waals surface area contributed by atoms with E-state index in [9.17, 15) is 9.59 Å². The highest BCUT2D eigenvalue weighted by atomic mass is 16.5. The predicted molar refractivity (Wildman–Crippen MR) is 109 cm³/mol. The molecule has 28 heavy (non-hydrogen) atoms. The minimum absolute atomic E-state index is 0.00153. The van der Waals surface area contributed by atoms with E-state index in [0.717, 1.165) is 43.5 Å². The summed E-state index contributed by atoms with van der Waals surface area (Å²) in [7, 11) is 1.76. The molecule has 2 aromatic rings. The Morgan fingerprint density at radius 2 is 1.79 bits per heavy atom. The van der Waals surface area contributed by atoms with Crippen molar-refractivity contribution < 1.29 is 14.3 Å². The molecule has 0 bridgehead atoms. The number of carbonyl (C=O) groups is 2. The number of rotatable bonds is 4. The van der Waals surface area contributed by atoms with Crippen LogP contribution in [-0.4, -0.2) is 31.6 Å². The van der Waals surface area contributed by atoms with Gasteiger partial charge in [0.25, 0.3) is 5.91 Å². The fourth-order valence-electron chi connectivity index (χ4n) is 4.05. The molecule has 1 aliphatic carbocycles. The van der Waals surface area contributed by atoms with Gasteiger partial charge in [-0.25, -0.2) is 0 Å². The molecule has 0 aromatic heterocycles. The van der Waals surface area contributed by atoms with Crippen molar-refractivity contribution >= 4 is 23.2 Å². The van der Waals surface area contributed by atoms with Crippen LogP contribution >= 0.6 is 0 Å². The fourth-order valence-corrected chi connectivity index (χ4v) is 4.05. The predicted octanol–water partition coefficient (Wildman–Crippen LogP) is 3.57. The molecule has 2 aromatic carbocycles. The topological polar surface area (TPSA) is 58.6 Å². The quantitative estimate of drug-likeness (QED) is 0.885. The van der Waals surface area contributed by atoms with Crippen molar-refractivity contribution in [2.45, 2.75) is 38.2 Å². The first-order valence-electron chi connectivity index (χ1n) is 9.98. The van der Waals surface area contributed by atoms with Crippen LogP contribution in [0.2, 0.25) is 0 Å². The van der Waals surface area contributed by atoms with Gasteiger partial charge in [-0.3, -0.25) is 9.59 Å². The standard InChI is InChI=1S/C23H26N2O3/c1-25(23(27)21-7-4-14-28-21)20-12-10-19(11-13-20)24-22(26)18-9-8-16-5-2-3-6-17(16)15-18/h2-3,5-6,10-13,18,21H,4,7-9,14-15H2,1H3,(H,24,26)/t18-,21+/m0/s1. The maximum absolute atomic E-state index is 12.7. The Balaban J connectivity index is 1.36. The van der Waals surface area contributed by atoms with E-state index in [-0.39, 0.29) is 23.8 Å². The van der Waals surface area contributed by atoms with Crippen molar-refractivity contribution in [1.82, 2.24) is 0 Å². The van der Waals surface area contributed by atoms with Gasteiger partial charge in [0.2, 0.25) is 5.91 Å². The van der Waals surface area contributed by atoms with Gasteiger partial charge in [0.05, 0.1) is 0 Å². The summed E-state index contributed by atoms with van der Waals surface area (Å²) in [5.74, 6) is 0.0412. The molecule has 1 N–H and O–H groups in total. The lowest BCUT2D eigenvalue weighted by atomic mass is 9.83. The third-order valence-electron chi connectivity index (χ3n) is 5.78. The molecule has 5 heteroatoms. The van der Waals surface area contributed by atoms with Gasteiger partial charge in [0, 0.05) is 30.9 Å². The van der Waals surface area contributed by atoms with Gasteiger partial charge in [-0.15, -0.1) is 0 Å². The van der Waals surface area contributed by atoms with Crippen LogP contribution in [0.3, 0.4) is 0 Å². The molecule has 1 fully saturated rings. The Morgan fingerprint density at radius 3 is 2.50 bits per heavy atom. The lowest BCUT2D eigenvalue weighted by Crippen LogP contribution is -2.36. The molecule has 0 spiro atoms. The van der Waals surface area contributed by atoms with Crippen molar-refractivity contribution in [3.05, 3.63) is 59.7 Å². The zero-order valence-corrected chi connectivity index (χ0v) is 16.2. The molecule has 5 nitrogen and oxygen atoms in total. The first-order valence-corrected chi connectivity index (χ1v) is 9.98. The Labute approximate surface area is 165 Å². The zero-order chi connectivity index (χ0) is 19.5. The highest BCUT2D eigenvalue weighted by Gasteiger charge is 2.27. The molecule has 2 aliphatic rings. The van der Waals surface area contributed by atoms with Crippen molar-refractivity contribution in [3.63, 3.8) is 0 Å². The number of anilines is 2. The van der Waals surface area contributed by atoms with Crippen LogP contribution in [0.15, 0.2) is 48.5 Å². The Morgan fingerprint density at radius 1 is 1.04 bits per heavy atom. The number of ether oxygens (including phenoxy) is 1. The third kappa shape index (κ3) is 3.94. The number of aryl methyl sites for hydroxylation is 1. The zero-order valence-electron chi connectivity index (χ0n) is 16.2. The number of nitrogens with one attached hydrogen (secondary N) is 1. The van der Waals surface area contributed by atoms with Gasteiger partial charge in [-0.1, -0.05) is 24.3 Å². The minimum Gasteiger partial charge on any atom is -0.368 e. The Bertz CT molecular complexity index is 856. The molecular formula is C23H26N2O3. The Kier molecular flexibility index (Phi) is 5.44. The van der Waals surface area contributed by atoms with Crippen LogP contribution < -0.4 is 10.2 Å². The van der Waals surface area contributed by atoms with E-state index in [1.54, 1.807) is 11.9 Å². The molecule has 4 rings (SSSR count). The summed E-state index contributed by atoms with van der Waals surface area (Å²) in [6, 6.07) is 15.8. The maximum Gasteiger partial charge on any atom is 0.255 e. The van der Waals surface area contributed by atoms with E-state index in [0.29, 0.717) is 6.61 Å². The number of likely N-dealkylation sites (N-methyl/N-ethyl adjacent to an activating group) is 1. The summed E-state index contributed by atoms with van der Waals surface area (Å²) in [6.45, 7) is 0.654. The van der Waals surface area contributed by atoms with Crippen LogP contribution in [0.5, 0.6) is 0 Å². The molecule has 2 amide bonds. The highest BCUT2D eigenvalue weighted by molar-refractivity contribution is 5.97. The SMILES string of the molecule is CN(C(=O)[C@H]1CCCO1)c1ccc(NC(=O)[C@H]2CCc3ccccc3C2)cc1. The molecule has 1 saturated heterocycles. The molecule has 0 unspecified atom stereocenters.